The topological polar surface area (TPSA) is 9.23 Å². The van der Waals surface area contributed by atoms with Crippen LogP contribution in [-0.2, 0) is 0 Å². The fourth-order valence-corrected chi connectivity index (χ4v) is 2.41. The van der Waals surface area contributed by atoms with Gasteiger partial charge < -0.3 is 4.74 Å². The Hall–Kier alpha value is -0.150. The van der Waals surface area contributed by atoms with E-state index in [0.717, 1.165) is 29.0 Å². The summed E-state index contributed by atoms with van der Waals surface area (Å²) in [6.07, 6.45) is 1.04. The average molecular weight is 275 g/mol. The monoisotopic (exact) mass is 274 g/mol. The molecule has 1 rings (SSSR count). The van der Waals surface area contributed by atoms with Crippen LogP contribution in [0.4, 0.5) is 0 Å². The highest BCUT2D eigenvalue weighted by molar-refractivity contribution is 9.10. The summed E-state index contributed by atoms with van der Waals surface area (Å²) in [6, 6.07) is 6.24. The normalized spacial score (nSPS) is 10.2. The Labute approximate surface area is 98.4 Å². The van der Waals surface area contributed by atoms with Gasteiger partial charge >= 0.3 is 0 Å². The van der Waals surface area contributed by atoms with Crippen molar-refractivity contribution in [2.24, 2.45) is 0 Å². The molecule has 0 fully saturated rings. The van der Waals surface area contributed by atoms with Crippen LogP contribution in [0.3, 0.4) is 0 Å². The number of hydrogen-bond donors (Lipinski definition) is 0. The van der Waals surface area contributed by atoms with Crippen molar-refractivity contribution in [2.75, 3.05) is 12.4 Å². The molecule has 0 aliphatic carbocycles. The standard InChI is InChI=1S/C11H15BrOS/c1-3-7-13-11-6-5-9(14-4-2)8-10(11)12/h5-6,8H,3-4,7H2,1-2H3. The van der Waals surface area contributed by atoms with Crippen molar-refractivity contribution < 1.29 is 4.74 Å². The third kappa shape index (κ3) is 3.54. The number of thioether (sulfide) groups is 1. The first-order valence-electron chi connectivity index (χ1n) is 4.83. The minimum absolute atomic E-state index is 0.777. The molecule has 78 valence electrons. The molecule has 0 aromatic heterocycles. The van der Waals surface area contributed by atoms with Crippen LogP contribution in [0.1, 0.15) is 20.3 Å². The van der Waals surface area contributed by atoms with Crippen molar-refractivity contribution in [3.8, 4) is 5.75 Å². The second-order valence-corrected chi connectivity index (χ2v) is 5.07. The predicted molar refractivity (Wildman–Crippen MR) is 66.3 cm³/mol. The Morgan fingerprint density at radius 3 is 2.71 bits per heavy atom. The summed E-state index contributed by atoms with van der Waals surface area (Å²) in [7, 11) is 0. The average Bonchev–Trinajstić information content (AvgIpc) is 2.17. The molecule has 1 aromatic carbocycles. The van der Waals surface area contributed by atoms with Crippen molar-refractivity contribution in [2.45, 2.75) is 25.2 Å². The molecule has 0 saturated heterocycles. The van der Waals surface area contributed by atoms with Gasteiger partial charge in [0, 0.05) is 4.90 Å². The van der Waals surface area contributed by atoms with Crippen LogP contribution in [0.15, 0.2) is 27.6 Å². The Morgan fingerprint density at radius 2 is 2.14 bits per heavy atom. The molecular weight excluding hydrogens is 260 g/mol. The van der Waals surface area contributed by atoms with E-state index in [-0.39, 0.29) is 0 Å². The summed E-state index contributed by atoms with van der Waals surface area (Å²) in [5.74, 6) is 2.04. The molecule has 0 unspecified atom stereocenters. The molecular formula is C11H15BrOS. The summed E-state index contributed by atoms with van der Waals surface area (Å²) in [5.41, 5.74) is 0. The zero-order valence-electron chi connectivity index (χ0n) is 8.55. The molecule has 1 nitrogen and oxygen atoms in total. The van der Waals surface area contributed by atoms with E-state index in [9.17, 15) is 0 Å². The van der Waals surface area contributed by atoms with Gasteiger partial charge in [0.1, 0.15) is 5.75 Å². The van der Waals surface area contributed by atoms with E-state index in [2.05, 4.69) is 41.9 Å². The van der Waals surface area contributed by atoms with Crippen molar-refractivity contribution in [3.05, 3.63) is 22.7 Å². The SMILES string of the molecule is CCCOc1ccc(SCC)cc1Br. The van der Waals surface area contributed by atoms with Gasteiger partial charge in [-0.1, -0.05) is 13.8 Å². The van der Waals surface area contributed by atoms with E-state index < -0.39 is 0 Å². The molecule has 0 saturated carbocycles. The highest BCUT2D eigenvalue weighted by atomic mass is 79.9. The first kappa shape index (κ1) is 11.9. The lowest BCUT2D eigenvalue weighted by Crippen LogP contribution is -1.95. The van der Waals surface area contributed by atoms with Gasteiger partial charge in [-0.05, 0) is 46.3 Å². The van der Waals surface area contributed by atoms with E-state index in [1.807, 2.05) is 17.8 Å². The molecule has 0 spiro atoms. The Kier molecular flexibility index (Phi) is 5.41. The Bertz CT molecular complexity index is 289. The molecule has 0 N–H and O–H groups in total. The van der Waals surface area contributed by atoms with Gasteiger partial charge in [0.15, 0.2) is 0 Å². The largest absolute Gasteiger partial charge is 0.492 e. The van der Waals surface area contributed by atoms with Gasteiger partial charge in [0.2, 0.25) is 0 Å². The molecule has 0 amide bonds. The van der Waals surface area contributed by atoms with Crippen molar-refractivity contribution in [1.82, 2.24) is 0 Å². The third-order valence-electron chi connectivity index (χ3n) is 1.68. The fraction of sp³-hybridized carbons (Fsp3) is 0.455. The van der Waals surface area contributed by atoms with Crippen LogP contribution in [0, 0.1) is 0 Å². The smallest absolute Gasteiger partial charge is 0.133 e. The second-order valence-electron chi connectivity index (χ2n) is 2.87. The highest BCUT2D eigenvalue weighted by Gasteiger charge is 2.01. The van der Waals surface area contributed by atoms with E-state index in [0.29, 0.717) is 0 Å². The number of rotatable bonds is 5. The molecule has 0 radical (unpaired) electrons. The molecule has 0 atom stereocenters. The zero-order valence-corrected chi connectivity index (χ0v) is 11.0. The first-order valence-corrected chi connectivity index (χ1v) is 6.61. The lowest BCUT2D eigenvalue weighted by atomic mass is 10.3. The number of benzene rings is 1. The Morgan fingerprint density at radius 1 is 1.36 bits per heavy atom. The minimum atomic E-state index is 0.777. The second kappa shape index (κ2) is 6.36. The summed E-state index contributed by atoms with van der Waals surface area (Å²) in [4.78, 5) is 1.28. The molecule has 0 heterocycles. The highest BCUT2D eigenvalue weighted by Crippen LogP contribution is 2.30. The van der Waals surface area contributed by atoms with Crippen molar-refractivity contribution >= 4 is 27.7 Å². The summed E-state index contributed by atoms with van der Waals surface area (Å²) in [5, 5.41) is 0. The van der Waals surface area contributed by atoms with Crippen molar-refractivity contribution in [1.29, 1.82) is 0 Å². The third-order valence-corrected chi connectivity index (χ3v) is 3.17. The zero-order chi connectivity index (χ0) is 10.4. The lowest BCUT2D eigenvalue weighted by molar-refractivity contribution is 0.315. The molecule has 0 bridgehead atoms. The van der Waals surface area contributed by atoms with Gasteiger partial charge in [-0.3, -0.25) is 0 Å². The number of halogens is 1. The van der Waals surface area contributed by atoms with E-state index in [1.165, 1.54) is 4.90 Å². The maximum Gasteiger partial charge on any atom is 0.133 e. The van der Waals surface area contributed by atoms with E-state index in [4.69, 9.17) is 4.74 Å². The van der Waals surface area contributed by atoms with Crippen LogP contribution >= 0.6 is 27.7 Å². The maximum absolute atomic E-state index is 5.56. The van der Waals surface area contributed by atoms with Gasteiger partial charge in [-0.15, -0.1) is 11.8 Å². The van der Waals surface area contributed by atoms with E-state index in [1.54, 1.807) is 0 Å². The minimum Gasteiger partial charge on any atom is -0.492 e. The van der Waals surface area contributed by atoms with Gasteiger partial charge in [0.25, 0.3) is 0 Å². The van der Waals surface area contributed by atoms with Gasteiger partial charge in [-0.2, -0.15) is 0 Å². The number of ether oxygens (including phenoxy) is 1. The fourth-order valence-electron chi connectivity index (χ4n) is 1.07. The first-order chi connectivity index (χ1) is 6.77. The summed E-state index contributed by atoms with van der Waals surface area (Å²) in [6.45, 7) is 5.04. The van der Waals surface area contributed by atoms with Crippen LogP contribution < -0.4 is 4.74 Å². The molecule has 3 heteroatoms. The van der Waals surface area contributed by atoms with Crippen LogP contribution in [0.25, 0.3) is 0 Å². The Balaban J connectivity index is 2.68. The quantitative estimate of drug-likeness (QED) is 0.739. The molecule has 14 heavy (non-hydrogen) atoms. The predicted octanol–water partition coefficient (Wildman–Crippen LogP) is 4.35. The van der Waals surface area contributed by atoms with E-state index >= 15 is 0 Å². The van der Waals surface area contributed by atoms with Crippen LogP contribution in [-0.4, -0.2) is 12.4 Å². The number of hydrogen-bond acceptors (Lipinski definition) is 2. The molecule has 1 aromatic rings. The van der Waals surface area contributed by atoms with Gasteiger partial charge in [-0.25, -0.2) is 0 Å². The van der Waals surface area contributed by atoms with Crippen LogP contribution in [0.5, 0.6) is 5.75 Å². The summed E-state index contributed by atoms with van der Waals surface area (Å²) < 4.78 is 6.61. The van der Waals surface area contributed by atoms with Gasteiger partial charge in [0.05, 0.1) is 11.1 Å². The summed E-state index contributed by atoms with van der Waals surface area (Å²) >= 11 is 5.35. The van der Waals surface area contributed by atoms with Crippen LogP contribution in [0.2, 0.25) is 0 Å². The molecule has 0 aliphatic rings. The molecule has 0 aliphatic heterocycles. The maximum atomic E-state index is 5.56. The lowest BCUT2D eigenvalue weighted by Gasteiger charge is -2.08. The van der Waals surface area contributed by atoms with Crippen molar-refractivity contribution in [3.63, 3.8) is 0 Å².